The lowest BCUT2D eigenvalue weighted by Crippen LogP contribution is -2.60. The Morgan fingerprint density at radius 2 is 2.19 bits per heavy atom. The normalized spacial score (nSPS) is 17.8. The van der Waals surface area contributed by atoms with E-state index in [9.17, 15) is 5.11 Å². The summed E-state index contributed by atoms with van der Waals surface area (Å²) in [5, 5.41) is 9.58. The second-order valence-electron chi connectivity index (χ2n) is 4.17. The first-order valence-electron chi connectivity index (χ1n) is 5.14. The molecule has 1 N–H and O–H groups in total. The van der Waals surface area contributed by atoms with Crippen LogP contribution in [0.4, 0.5) is 5.95 Å². The zero-order valence-corrected chi connectivity index (χ0v) is 9.26. The van der Waals surface area contributed by atoms with E-state index in [1.807, 2.05) is 4.90 Å². The van der Waals surface area contributed by atoms with Gasteiger partial charge >= 0.3 is 0 Å². The first-order chi connectivity index (χ1) is 7.61. The van der Waals surface area contributed by atoms with Gasteiger partial charge in [-0.15, -0.1) is 0 Å². The van der Waals surface area contributed by atoms with E-state index < -0.39 is 5.60 Å². The van der Waals surface area contributed by atoms with E-state index in [2.05, 4.69) is 16.5 Å². The monoisotopic (exact) mass is 221 g/mol. The number of nitrogens with zero attached hydrogens (tertiary/aromatic N) is 3. The molecule has 1 fully saturated rings. The van der Waals surface area contributed by atoms with Crippen LogP contribution in [-0.2, 0) is 0 Å². The van der Waals surface area contributed by atoms with Crippen molar-refractivity contribution in [1.82, 2.24) is 9.97 Å². The molecule has 0 unspecified atom stereocenters. The third-order valence-electron chi connectivity index (χ3n) is 2.33. The maximum atomic E-state index is 9.58. The van der Waals surface area contributed by atoms with E-state index in [0.717, 1.165) is 0 Å². The summed E-state index contributed by atoms with van der Waals surface area (Å²) in [6.07, 6.45) is 4.91. The van der Waals surface area contributed by atoms with Gasteiger partial charge in [0.25, 0.3) is 0 Å². The highest BCUT2D eigenvalue weighted by Crippen LogP contribution is 2.24. The quantitative estimate of drug-likeness (QED) is 0.755. The molecule has 0 atom stereocenters. The summed E-state index contributed by atoms with van der Waals surface area (Å²) in [5.74, 6) is 1.24. The number of rotatable bonds is 4. The molecule has 86 valence electrons. The fraction of sp³-hybridized carbons (Fsp3) is 0.455. The molecule has 1 aromatic rings. The largest absolute Gasteiger partial charge is 0.486 e. The maximum Gasteiger partial charge on any atom is 0.225 e. The van der Waals surface area contributed by atoms with E-state index in [1.165, 1.54) is 0 Å². The fourth-order valence-corrected chi connectivity index (χ4v) is 1.62. The maximum absolute atomic E-state index is 9.58. The average Bonchev–Trinajstić information content (AvgIpc) is 2.24. The minimum Gasteiger partial charge on any atom is -0.486 e. The molecule has 2 rings (SSSR count). The average molecular weight is 221 g/mol. The molecule has 0 aliphatic carbocycles. The molecule has 0 aromatic carbocycles. The predicted octanol–water partition coefficient (Wildman–Crippen LogP) is 0.612. The summed E-state index contributed by atoms with van der Waals surface area (Å²) in [4.78, 5) is 10.2. The molecule has 5 nitrogen and oxygen atoms in total. The highest BCUT2D eigenvalue weighted by Gasteiger charge is 2.37. The standard InChI is InChI=1S/C11H15N3O2/c1-3-4-16-9-5-12-10(13-6-9)14-7-11(2,15)8-14/h3,5-6,15H,1,4,7-8H2,2H3. The van der Waals surface area contributed by atoms with Gasteiger partial charge in [0.2, 0.25) is 5.95 Å². The van der Waals surface area contributed by atoms with E-state index in [4.69, 9.17) is 4.74 Å². The van der Waals surface area contributed by atoms with Gasteiger partial charge in [-0.1, -0.05) is 12.7 Å². The van der Waals surface area contributed by atoms with Gasteiger partial charge in [0.15, 0.2) is 5.75 Å². The summed E-state index contributed by atoms with van der Waals surface area (Å²) in [5.41, 5.74) is -0.610. The van der Waals surface area contributed by atoms with E-state index in [0.29, 0.717) is 31.4 Å². The smallest absolute Gasteiger partial charge is 0.225 e. The van der Waals surface area contributed by atoms with E-state index in [1.54, 1.807) is 25.4 Å². The number of aliphatic hydroxyl groups is 1. The summed E-state index contributed by atoms with van der Waals surface area (Å²) in [6, 6.07) is 0. The Labute approximate surface area is 94.4 Å². The van der Waals surface area contributed by atoms with Crippen LogP contribution in [0.25, 0.3) is 0 Å². The lowest BCUT2D eigenvalue weighted by molar-refractivity contribution is 0.0300. The Bertz CT molecular complexity index is 367. The van der Waals surface area contributed by atoms with Crippen LogP contribution in [0.15, 0.2) is 25.0 Å². The molecule has 1 aromatic heterocycles. The Kier molecular flexibility index (Phi) is 2.78. The molecular formula is C11H15N3O2. The Balaban J connectivity index is 1.95. The van der Waals surface area contributed by atoms with Crippen LogP contribution in [0.5, 0.6) is 5.75 Å². The predicted molar refractivity (Wildman–Crippen MR) is 60.6 cm³/mol. The van der Waals surface area contributed by atoms with Gasteiger partial charge in [-0.25, -0.2) is 9.97 Å². The van der Waals surface area contributed by atoms with Crippen LogP contribution >= 0.6 is 0 Å². The van der Waals surface area contributed by atoms with Crippen LogP contribution in [0.3, 0.4) is 0 Å². The number of hydrogen-bond acceptors (Lipinski definition) is 5. The van der Waals surface area contributed by atoms with Crippen LogP contribution in [0.1, 0.15) is 6.92 Å². The van der Waals surface area contributed by atoms with Crippen molar-refractivity contribution in [3.05, 3.63) is 25.0 Å². The van der Waals surface area contributed by atoms with Gasteiger partial charge in [-0.05, 0) is 6.92 Å². The van der Waals surface area contributed by atoms with Crippen molar-refractivity contribution in [1.29, 1.82) is 0 Å². The van der Waals surface area contributed by atoms with Crippen molar-refractivity contribution in [2.24, 2.45) is 0 Å². The highest BCUT2D eigenvalue weighted by atomic mass is 16.5. The topological polar surface area (TPSA) is 58.5 Å². The molecule has 2 heterocycles. The third-order valence-corrected chi connectivity index (χ3v) is 2.33. The number of hydrogen-bond donors (Lipinski definition) is 1. The lowest BCUT2D eigenvalue weighted by Gasteiger charge is -2.44. The first-order valence-corrected chi connectivity index (χ1v) is 5.14. The number of β-amino-alcohol motifs (C(OH)–C–C–N with tert-alkyl or cyclic N) is 1. The molecule has 0 amide bonds. The molecule has 1 saturated heterocycles. The molecule has 0 saturated carbocycles. The molecule has 5 heteroatoms. The van der Waals surface area contributed by atoms with Crippen molar-refractivity contribution in [3.8, 4) is 5.75 Å². The SMILES string of the molecule is C=CCOc1cnc(N2CC(C)(O)C2)nc1. The van der Waals surface area contributed by atoms with Crippen LogP contribution < -0.4 is 9.64 Å². The third kappa shape index (κ3) is 2.30. The van der Waals surface area contributed by atoms with Gasteiger partial charge in [-0.3, -0.25) is 0 Å². The van der Waals surface area contributed by atoms with Gasteiger partial charge in [0, 0.05) is 0 Å². The summed E-state index contributed by atoms with van der Waals surface area (Å²) in [6.45, 7) is 6.94. The van der Waals surface area contributed by atoms with E-state index in [-0.39, 0.29) is 0 Å². The van der Waals surface area contributed by atoms with Crippen molar-refractivity contribution >= 4 is 5.95 Å². The molecule has 0 spiro atoms. The second kappa shape index (κ2) is 4.09. The van der Waals surface area contributed by atoms with Crippen LogP contribution in [-0.4, -0.2) is 40.4 Å². The van der Waals surface area contributed by atoms with Crippen LogP contribution in [0, 0.1) is 0 Å². The van der Waals surface area contributed by atoms with Gasteiger partial charge in [-0.2, -0.15) is 0 Å². The van der Waals surface area contributed by atoms with Gasteiger partial charge < -0.3 is 14.7 Å². The van der Waals surface area contributed by atoms with Crippen LogP contribution in [0.2, 0.25) is 0 Å². The molecule has 0 radical (unpaired) electrons. The second-order valence-corrected chi connectivity index (χ2v) is 4.17. The lowest BCUT2D eigenvalue weighted by atomic mass is 9.98. The Morgan fingerprint density at radius 1 is 1.56 bits per heavy atom. The molecular weight excluding hydrogens is 206 g/mol. The van der Waals surface area contributed by atoms with Crippen molar-refractivity contribution < 1.29 is 9.84 Å². The molecule has 0 bridgehead atoms. The number of ether oxygens (including phenoxy) is 1. The van der Waals surface area contributed by atoms with Crippen molar-refractivity contribution in [2.45, 2.75) is 12.5 Å². The first kappa shape index (κ1) is 10.9. The van der Waals surface area contributed by atoms with Crippen molar-refractivity contribution in [3.63, 3.8) is 0 Å². The molecule has 1 aliphatic rings. The van der Waals surface area contributed by atoms with E-state index >= 15 is 0 Å². The minimum absolute atomic E-state index is 0.446. The number of anilines is 1. The van der Waals surface area contributed by atoms with Gasteiger partial charge in [0.1, 0.15) is 6.61 Å². The highest BCUT2D eigenvalue weighted by molar-refractivity contribution is 5.37. The van der Waals surface area contributed by atoms with Gasteiger partial charge in [0.05, 0.1) is 31.1 Å². The Hall–Kier alpha value is -1.62. The Morgan fingerprint density at radius 3 is 2.69 bits per heavy atom. The zero-order chi connectivity index (χ0) is 11.6. The summed E-state index contributed by atoms with van der Waals surface area (Å²) in [7, 11) is 0. The fourth-order valence-electron chi connectivity index (χ4n) is 1.62. The molecule has 1 aliphatic heterocycles. The summed E-state index contributed by atoms with van der Waals surface area (Å²) < 4.78 is 5.27. The van der Waals surface area contributed by atoms with Crippen molar-refractivity contribution in [2.75, 3.05) is 24.6 Å². The minimum atomic E-state index is -0.610. The number of aromatic nitrogens is 2. The molecule has 16 heavy (non-hydrogen) atoms. The zero-order valence-electron chi connectivity index (χ0n) is 9.26. The summed E-state index contributed by atoms with van der Waals surface area (Å²) >= 11 is 0.